The molecule has 12 N–H and O–H groups in total. The number of hydrogen-bond acceptors (Lipinski definition) is 22. The minimum atomic E-state index is -3.14. The summed E-state index contributed by atoms with van der Waals surface area (Å²) in [6.45, 7) is 19.5. The maximum absolute atomic E-state index is 12.0. The lowest BCUT2D eigenvalue weighted by atomic mass is 10.2. The predicted octanol–water partition coefficient (Wildman–Crippen LogP) is 6.22. The highest BCUT2D eigenvalue weighted by atomic mass is 32.2. The highest BCUT2D eigenvalue weighted by molar-refractivity contribution is 7.89. The fraction of sp³-hybridized carbons (Fsp3) is 0.468. The topological polar surface area (TPSA) is 332 Å². The first kappa shape index (κ1) is 63.4. The molecule has 89 heavy (non-hydrogen) atoms. The molecule has 3 amide bonds. The second-order valence-electron chi connectivity index (χ2n) is 23.2. The van der Waals surface area contributed by atoms with Crippen molar-refractivity contribution in [3.63, 3.8) is 0 Å². The molecule has 26 nitrogen and oxygen atoms in total. The van der Waals surface area contributed by atoms with E-state index in [0.717, 1.165) is 114 Å². The Morgan fingerprint density at radius 2 is 0.719 bits per heavy atom. The van der Waals surface area contributed by atoms with E-state index in [4.69, 9.17) is 17.2 Å². The summed E-state index contributed by atoms with van der Waals surface area (Å²) in [6.07, 6.45) is 13.2. The zero-order chi connectivity index (χ0) is 62.4. The van der Waals surface area contributed by atoms with E-state index in [-0.39, 0.29) is 11.3 Å². The van der Waals surface area contributed by atoms with E-state index in [2.05, 4.69) is 124 Å². The normalized spacial score (nSPS) is 17.3. The van der Waals surface area contributed by atoms with Gasteiger partial charge in [0.15, 0.2) is 0 Å². The highest BCUT2D eigenvalue weighted by Crippen LogP contribution is 2.31. The first-order chi connectivity index (χ1) is 43.1. The molecule has 6 heterocycles. The molecule has 0 atom stereocenters. The van der Waals surface area contributed by atoms with Crippen LogP contribution in [0.4, 0.5) is 69.4 Å². The number of amides is 3. The molecule has 3 saturated heterocycles. The first-order valence-corrected chi connectivity index (χ1v) is 32.8. The largest absolute Gasteiger partial charge is 0.369 e. The van der Waals surface area contributed by atoms with Gasteiger partial charge in [0.05, 0.1) is 22.4 Å². The van der Waals surface area contributed by atoms with Crippen LogP contribution in [0.3, 0.4) is 0 Å². The molecule has 6 fully saturated rings. The second-order valence-corrected chi connectivity index (χ2v) is 25.4. The Balaban J connectivity index is 0.000000147. The monoisotopic (exact) mass is 1240 g/mol. The van der Waals surface area contributed by atoms with Crippen molar-refractivity contribution in [2.75, 3.05) is 144 Å². The van der Waals surface area contributed by atoms with Gasteiger partial charge in [-0.25, -0.2) is 23.4 Å². The summed E-state index contributed by atoms with van der Waals surface area (Å²) in [5.41, 5.74) is 23.3. The van der Waals surface area contributed by atoms with E-state index < -0.39 is 27.7 Å². The van der Waals surface area contributed by atoms with Crippen LogP contribution in [0.2, 0.25) is 0 Å². The molecule has 0 radical (unpaired) electrons. The van der Waals surface area contributed by atoms with Gasteiger partial charge in [0.2, 0.25) is 27.9 Å². The van der Waals surface area contributed by atoms with Crippen molar-refractivity contribution in [2.24, 2.45) is 17.2 Å². The van der Waals surface area contributed by atoms with Gasteiger partial charge in [0, 0.05) is 149 Å². The van der Waals surface area contributed by atoms with Crippen LogP contribution in [0.5, 0.6) is 0 Å². The molecule has 3 aliphatic heterocycles. The zero-order valence-corrected chi connectivity index (χ0v) is 52.0. The van der Waals surface area contributed by atoms with Gasteiger partial charge in [-0.05, 0) is 144 Å². The van der Waals surface area contributed by atoms with Crippen molar-refractivity contribution in [3.8, 4) is 0 Å². The number of carbonyl (C=O) groups is 3. The number of nitrogens with one attached hydrogen (secondary N) is 6. The number of benzene rings is 3. The molecular weight excluding hydrogens is 1150 g/mol. The van der Waals surface area contributed by atoms with Gasteiger partial charge in [0.1, 0.15) is 17.5 Å². The summed E-state index contributed by atoms with van der Waals surface area (Å²) in [6, 6.07) is 25.5. The third-order valence-corrected chi connectivity index (χ3v) is 18.1. The lowest BCUT2D eigenvalue weighted by molar-refractivity contribution is 0.0992. The standard InChI is InChI=1S/2C21H29N7O.C20H27N7O3S/c2*1-2-9-27-10-12-28(13-11-27)17-7-5-16(6-8-17)25-21-23-14-18(19(22)29)20(26-21)24-15-3-4-15;1-2-31(29,30)27-11-9-26(10-12-27)16-7-5-15(6-8-16)24-20-22-13-17(18(21)28)19(25-20)23-14-3-4-14/h2*5-8,14-15H,2-4,9-13H2,1H3,(H2,22,29)(H2,23,24,25,26);5-8,13-14H,2-4,9-12H2,1H3,(H2,21,28)(H2,22,23,24,25). The minimum absolute atomic E-state index is 0.133. The van der Waals surface area contributed by atoms with Crippen LogP contribution < -0.4 is 63.8 Å². The van der Waals surface area contributed by atoms with Crippen LogP contribution in [-0.4, -0.2) is 186 Å². The molecule has 3 aromatic carbocycles. The van der Waals surface area contributed by atoms with Crippen molar-refractivity contribution in [1.29, 1.82) is 0 Å². The van der Waals surface area contributed by atoms with E-state index in [1.165, 1.54) is 55.9 Å². The van der Waals surface area contributed by atoms with Crippen molar-refractivity contribution in [3.05, 3.63) is 108 Å². The summed E-state index contributed by atoms with van der Waals surface area (Å²) in [7, 11) is -3.14. The molecule has 3 saturated carbocycles. The number of nitrogens with zero attached hydrogens (tertiary/aromatic N) is 12. The molecule has 3 aromatic heterocycles. The number of carbonyl (C=O) groups excluding carboxylic acids is 3. The third-order valence-electron chi connectivity index (χ3n) is 16.2. The van der Waals surface area contributed by atoms with Crippen LogP contribution in [0.15, 0.2) is 91.4 Å². The molecule has 6 aromatic rings. The smallest absolute Gasteiger partial charge is 0.254 e. The Bertz CT molecular complexity index is 3310. The Labute approximate surface area is 521 Å². The van der Waals surface area contributed by atoms with E-state index in [1.54, 1.807) is 11.2 Å². The number of rotatable bonds is 24. The third kappa shape index (κ3) is 18.0. The average molecular weight is 1240 g/mol. The molecule has 27 heteroatoms. The SMILES string of the molecule is CCCN1CCN(c2ccc(Nc3ncc(C(N)=O)c(NC4CC4)n3)cc2)CC1.CCCN1CCN(c2ccc(Nc3ncc(C(N)=O)c(NC4CC4)n3)cc2)CC1.CCS(=O)(=O)N1CCN(c2ccc(Nc3ncc(C(N)=O)c(NC4CC4)n3)cc2)CC1. The van der Waals surface area contributed by atoms with E-state index in [9.17, 15) is 22.8 Å². The Hall–Kier alpha value is -8.66. The quantitative estimate of drug-likeness (QED) is 0.0325. The van der Waals surface area contributed by atoms with Gasteiger partial charge < -0.3 is 63.8 Å². The summed E-state index contributed by atoms with van der Waals surface area (Å²) in [4.78, 5) is 72.9. The summed E-state index contributed by atoms with van der Waals surface area (Å²) in [5, 5.41) is 19.3. The lowest BCUT2D eigenvalue weighted by Crippen LogP contribution is -2.49. The van der Waals surface area contributed by atoms with Crippen LogP contribution >= 0.6 is 0 Å². The van der Waals surface area contributed by atoms with Gasteiger partial charge in [-0.1, -0.05) is 13.8 Å². The minimum Gasteiger partial charge on any atom is -0.369 e. The fourth-order valence-corrected chi connectivity index (χ4v) is 11.7. The number of anilines is 12. The van der Waals surface area contributed by atoms with Crippen LogP contribution in [0, 0.1) is 0 Å². The Morgan fingerprint density at radius 1 is 0.438 bits per heavy atom. The molecule has 6 aliphatic rings. The van der Waals surface area contributed by atoms with Gasteiger partial charge in [-0.3, -0.25) is 24.2 Å². The van der Waals surface area contributed by atoms with E-state index >= 15 is 0 Å². The summed E-state index contributed by atoms with van der Waals surface area (Å²) >= 11 is 0. The molecule has 3 aliphatic carbocycles. The van der Waals surface area contributed by atoms with Gasteiger partial charge in [-0.2, -0.15) is 19.3 Å². The Morgan fingerprint density at radius 3 is 0.966 bits per heavy atom. The predicted molar refractivity (Wildman–Crippen MR) is 352 cm³/mol. The number of piperazine rings is 3. The zero-order valence-electron chi connectivity index (χ0n) is 51.2. The number of primary amides is 3. The number of sulfonamides is 1. The average Bonchev–Trinajstić information content (AvgIpc) is 2.92. The van der Waals surface area contributed by atoms with Crippen molar-refractivity contribution >= 4 is 97.2 Å². The maximum Gasteiger partial charge on any atom is 0.254 e. The van der Waals surface area contributed by atoms with Gasteiger partial charge in [0.25, 0.3) is 17.7 Å². The molecule has 0 bridgehead atoms. The highest BCUT2D eigenvalue weighted by Gasteiger charge is 2.29. The van der Waals surface area contributed by atoms with Crippen LogP contribution in [-0.2, 0) is 10.0 Å². The number of aromatic nitrogens is 6. The van der Waals surface area contributed by atoms with Crippen molar-refractivity contribution in [1.82, 2.24) is 44.0 Å². The van der Waals surface area contributed by atoms with E-state index in [0.29, 0.717) is 90.7 Å². The van der Waals surface area contributed by atoms with Crippen LogP contribution in [0.25, 0.3) is 0 Å². The summed E-state index contributed by atoms with van der Waals surface area (Å²) < 4.78 is 25.6. The van der Waals surface area contributed by atoms with Crippen LogP contribution in [0.1, 0.15) is 103 Å². The number of hydrogen-bond donors (Lipinski definition) is 9. The summed E-state index contributed by atoms with van der Waals surface area (Å²) in [5.74, 6) is 1.23. The second kappa shape index (κ2) is 29.6. The van der Waals surface area contributed by atoms with Crippen molar-refractivity contribution < 1.29 is 22.8 Å². The molecule has 474 valence electrons. The molecule has 0 unspecified atom stereocenters. The van der Waals surface area contributed by atoms with E-state index in [1.807, 2.05) is 48.5 Å². The maximum atomic E-state index is 12.0. The fourth-order valence-electron chi connectivity index (χ4n) is 10.6. The molecular formula is C62H85N21O5S. The molecule has 12 rings (SSSR count). The van der Waals surface area contributed by atoms with Gasteiger partial charge >= 0.3 is 0 Å². The van der Waals surface area contributed by atoms with Crippen molar-refractivity contribution in [2.45, 2.75) is 90.3 Å². The number of nitrogens with two attached hydrogens (primary N) is 3. The first-order valence-electron chi connectivity index (χ1n) is 31.2. The van der Waals surface area contributed by atoms with Gasteiger partial charge in [-0.15, -0.1) is 0 Å². The Kier molecular flexibility index (Phi) is 21.0. The lowest BCUT2D eigenvalue weighted by Gasteiger charge is -2.36. The molecule has 0 spiro atoms.